The van der Waals surface area contributed by atoms with Crippen molar-refractivity contribution >= 4 is 5.78 Å². The van der Waals surface area contributed by atoms with Crippen LogP contribution in [0.1, 0.15) is 20.8 Å². The predicted molar refractivity (Wildman–Crippen MR) is 54.0 cm³/mol. The van der Waals surface area contributed by atoms with E-state index in [2.05, 4.69) is 5.92 Å². The molecule has 1 heteroatoms. The molecule has 0 aromatic carbocycles. The van der Waals surface area contributed by atoms with E-state index in [-0.39, 0.29) is 11.7 Å². The van der Waals surface area contributed by atoms with Crippen LogP contribution in [0.25, 0.3) is 0 Å². The van der Waals surface area contributed by atoms with Crippen molar-refractivity contribution in [2.24, 2.45) is 11.3 Å². The van der Waals surface area contributed by atoms with E-state index in [1.165, 1.54) is 0 Å². The summed E-state index contributed by atoms with van der Waals surface area (Å²) in [4.78, 5) is 11.7. The number of hydrogen-bond acceptors (Lipinski definition) is 1. The van der Waals surface area contributed by atoms with Crippen molar-refractivity contribution in [3.63, 3.8) is 0 Å². The van der Waals surface area contributed by atoms with Crippen molar-refractivity contribution in [3.8, 4) is 12.3 Å². The Kier molecular flexibility index (Phi) is 2.43. The van der Waals surface area contributed by atoms with Crippen LogP contribution in [-0.2, 0) is 4.79 Å². The molecule has 13 heavy (non-hydrogen) atoms. The third kappa shape index (κ3) is 1.58. The summed E-state index contributed by atoms with van der Waals surface area (Å²) in [5.74, 6) is 2.67. The number of carbonyl (C=O) groups is 1. The van der Waals surface area contributed by atoms with Crippen LogP contribution in [0.3, 0.4) is 0 Å². The van der Waals surface area contributed by atoms with Crippen molar-refractivity contribution in [2.75, 3.05) is 0 Å². The Morgan fingerprint density at radius 3 is 2.69 bits per heavy atom. The second-order valence-corrected chi connectivity index (χ2v) is 3.76. The summed E-state index contributed by atoms with van der Waals surface area (Å²) >= 11 is 0. The van der Waals surface area contributed by atoms with Gasteiger partial charge in [-0.1, -0.05) is 19.1 Å². The highest BCUT2D eigenvalue weighted by atomic mass is 16.1. The van der Waals surface area contributed by atoms with Gasteiger partial charge >= 0.3 is 0 Å². The Labute approximate surface area is 79.5 Å². The van der Waals surface area contributed by atoms with Crippen LogP contribution in [0.5, 0.6) is 0 Å². The van der Waals surface area contributed by atoms with E-state index in [0.29, 0.717) is 0 Å². The van der Waals surface area contributed by atoms with Crippen molar-refractivity contribution in [3.05, 3.63) is 23.8 Å². The first-order valence-electron chi connectivity index (χ1n) is 4.39. The highest BCUT2D eigenvalue weighted by Crippen LogP contribution is 2.33. The fourth-order valence-electron chi connectivity index (χ4n) is 1.33. The summed E-state index contributed by atoms with van der Waals surface area (Å²) in [6.45, 7) is 5.70. The molecule has 0 aromatic heterocycles. The largest absolute Gasteiger partial charge is 0.294 e. The Morgan fingerprint density at radius 1 is 1.62 bits per heavy atom. The zero-order valence-electron chi connectivity index (χ0n) is 8.29. The van der Waals surface area contributed by atoms with E-state index in [1.807, 2.05) is 32.9 Å². The standard InChI is InChI=1S/C12H14O/c1-5-10(3)12(4)7-6-9(2)8-11(12)13/h1,6-8,10H,2-4H3. The van der Waals surface area contributed by atoms with Gasteiger partial charge in [0.05, 0.1) is 5.41 Å². The fraction of sp³-hybridized carbons (Fsp3) is 0.417. The zero-order valence-corrected chi connectivity index (χ0v) is 8.29. The molecular formula is C12H14O. The van der Waals surface area contributed by atoms with Crippen LogP contribution in [-0.4, -0.2) is 5.78 Å². The van der Waals surface area contributed by atoms with Crippen LogP contribution >= 0.6 is 0 Å². The molecule has 0 spiro atoms. The maximum atomic E-state index is 11.7. The van der Waals surface area contributed by atoms with E-state index in [4.69, 9.17) is 6.42 Å². The molecule has 1 nitrogen and oxygen atoms in total. The first kappa shape index (κ1) is 9.80. The predicted octanol–water partition coefficient (Wildman–Crippen LogP) is 2.35. The molecule has 1 rings (SSSR count). The van der Waals surface area contributed by atoms with Crippen LogP contribution < -0.4 is 0 Å². The molecule has 0 radical (unpaired) electrons. The second-order valence-electron chi connectivity index (χ2n) is 3.76. The van der Waals surface area contributed by atoms with E-state index in [0.717, 1.165) is 5.57 Å². The van der Waals surface area contributed by atoms with Gasteiger partial charge in [0.2, 0.25) is 0 Å². The van der Waals surface area contributed by atoms with Crippen molar-refractivity contribution in [1.29, 1.82) is 0 Å². The second kappa shape index (κ2) is 3.22. The third-order valence-electron chi connectivity index (χ3n) is 2.73. The highest BCUT2D eigenvalue weighted by Gasteiger charge is 2.35. The first-order chi connectivity index (χ1) is 6.00. The molecule has 2 atom stereocenters. The average Bonchev–Trinajstić information content (AvgIpc) is 2.11. The lowest BCUT2D eigenvalue weighted by atomic mass is 9.72. The Balaban J connectivity index is 3.04. The molecule has 0 N–H and O–H groups in total. The lowest BCUT2D eigenvalue weighted by Crippen LogP contribution is -2.32. The number of hydrogen-bond donors (Lipinski definition) is 0. The lowest BCUT2D eigenvalue weighted by molar-refractivity contribution is -0.122. The normalized spacial score (nSPS) is 29.4. The number of carbonyl (C=O) groups excluding carboxylic acids is 1. The topological polar surface area (TPSA) is 17.1 Å². The first-order valence-corrected chi connectivity index (χ1v) is 4.39. The summed E-state index contributed by atoms with van der Waals surface area (Å²) in [5, 5.41) is 0. The quantitative estimate of drug-likeness (QED) is 0.558. The fourth-order valence-corrected chi connectivity index (χ4v) is 1.33. The Hall–Kier alpha value is -1.29. The molecule has 0 aliphatic heterocycles. The molecule has 1 aliphatic carbocycles. The summed E-state index contributed by atoms with van der Waals surface area (Å²) in [6, 6.07) is 0. The maximum absolute atomic E-state index is 11.7. The summed E-state index contributed by atoms with van der Waals surface area (Å²) in [7, 11) is 0. The maximum Gasteiger partial charge on any atom is 0.166 e. The molecule has 0 saturated heterocycles. The minimum absolute atomic E-state index is 0.0550. The van der Waals surface area contributed by atoms with E-state index in [1.54, 1.807) is 6.08 Å². The molecule has 0 fully saturated rings. The zero-order chi connectivity index (χ0) is 10.1. The SMILES string of the molecule is C#CC(C)C1(C)C=CC(C)=CC1=O. The van der Waals surface area contributed by atoms with Crippen LogP contribution in [0.15, 0.2) is 23.8 Å². The van der Waals surface area contributed by atoms with E-state index < -0.39 is 5.41 Å². The number of ketones is 1. The van der Waals surface area contributed by atoms with Crippen molar-refractivity contribution in [1.82, 2.24) is 0 Å². The number of allylic oxidation sites excluding steroid dienone is 4. The van der Waals surface area contributed by atoms with Crippen LogP contribution in [0, 0.1) is 23.7 Å². The van der Waals surface area contributed by atoms with Crippen molar-refractivity contribution < 1.29 is 4.79 Å². The Morgan fingerprint density at radius 2 is 2.23 bits per heavy atom. The molecule has 1 aliphatic rings. The van der Waals surface area contributed by atoms with E-state index >= 15 is 0 Å². The molecule has 0 aromatic rings. The molecule has 2 unspecified atom stereocenters. The van der Waals surface area contributed by atoms with Crippen LogP contribution in [0.4, 0.5) is 0 Å². The lowest BCUT2D eigenvalue weighted by Gasteiger charge is -2.29. The van der Waals surface area contributed by atoms with Gasteiger partial charge in [0.1, 0.15) is 0 Å². The van der Waals surface area contributed by atoms with Gasteiger partial charge in [0.15, 0.2) is 5.78 Å². The van der Waals surface area contributed by atoms with Gasteiger partial charge in [-0.2, -0.15) is 0 Å². The highest BCUT2D eigenvalue weighted by molar-refractivity contribution is 5.98. The molecule has 0 heterocycles. The van der Waals surface area contributed by atoms with Crippen molar-refractivity contribution in [2.45, 2.75) is 20.8 Å². The van der Waals surface area contributed by atoms with Gasteiger partial charge < -0.3 is 0 Å². The van der Waals surface area contributed by atoms with E-state index in [9.17, 15) is 4.79 Å². The van der Waals surface area contributed by atoms with Gasteiger partial charge in [-0.3, -0.25) is 4.79 Å². The monoisotopic (exact) mass is 174 g/mol. The average molecular weight is 174 g/mol. The minimum atomic E-state index is -0.506. The van der Waals surface area contributed by atoms with Gasteiger partial charge in [-0.15, -0.1) is 12.3 Å². The van der Waals surface area contributed by atoms with Gasteiger partial charge in [0.25, 0.3) is 0 Å². The summed E-state index contributed by atoms with van der Waals surface area (Å²) in [5.41, 5.74) is 0.487. The van der Waals surface area contributed by atoms with Gasteiger partial charge in [-0.25, -0.2) is 0 Å². The number of rotatable bonds is 1. The third-order valence-corrected chi connectivity index (χ3v) is 2.73. The minimum Gasteiger partial charge on any atom is -0.294 e. The van der Waals surface area contributed by atoms with Gasteiger partial charge in [0, 0.05) is 5.92 Å². The Bertz CT molecular complexity index is 328. The molecule has 68 valence electrons. The molecule has 0 bridgehead atoms. The van der Waals surface area contributed by atoms with Gasteiger partial charge in [-0.05, 0) is 25.5 Å². The molecule has 0 saturated carbocycles. The smallest absolute Gasteiger partial charge is 0.166 e. The van der Waals surface area contributed by atoms with Crippen LogP contribution in [0.2, 0.25) is 0 Å². The summed E-state index contributed by atoms with van der Waals surface area (Å²) in [6.07, 6.45) is 10.9. The number of terminal acetylenes is 1. The molecule has 0 amide bonds. The molecular weight excluding hydrogens is 160 g/mol. The summed E-state index contributed by atoms with van der Waals surface area (Å²) < 4.78 is 0.